The number of carbonyl (C=O) groups is 6. The Kier molecular flexibility index (Phi) is 10.6. The van der Waals surface area contributed by atoms with Crippen molar-refractivity contribution < 1.29 is 28.8 Å². The molecule has 50 heavy (non-hydrogen) atoms. The number of nitrogens with one attached hydrogen (secondary N) is 4. The van der Waals surface area contributed by atoms with Crippen LogP contribution < -0.4 is 21.3 Å². The van der Waals surface area contributed by atoms with Crippen molar-refractivity contribution in [1.29, 1.82) is 0 Å². The summed E-state index contributed by atoms with van der Waals surface area (Å²) >= 11 is 0. The zero-order valence-corrected chi connectivity index (χ0v) is 29.8. The van der Waals surface area contributed by atoms with Gasteiger partial charge in [0.1, 0.15) is 11.7 Å². The van der Waals surface area contributed by atoms with Crippen LogP contribution >= 0.6 is 0 Å². The van der Waals surface area contributed by atoms with Crippen LogP contribution in [0.3, 0.4) is 0 Å². The number of hydrogen-bond acceptors (Lipinski definition) is 10. The molecule has 0 radical (unpaired) electrons. The number of aromatic nitrogens is 2. The lowest BCUT2D eigenvalue weighted by Gasteiger charge is -2.36. The maximum Gasteiger partial charge on any atom is 0.272 e. The molecular formula is C37H53N7O6. The van der Waals surface area contributed by atoms with Crippen LogP contribution in [0.1, 0.15) is 109 Å². The molecular weight excluding hydrogens is 638 g/mol. The SMILES string of the molecule is CC[C@H](NC(=O)[C@@H]1C2CCCC2CN1CC(=O)[C@@H](NC(=O)[C@@H](NC(=O)c1cnccn1)C1CCCCC1)C(C)(C)C)C1(NC2CC2)C(=O)C1=O. The Balaban J connectivity index is 1.17. The number of Topliss-reactive ketones (excluding diaryl/α,β-unsaturated/α-hetero) is 3. The molecule has 272 valence electrons. The number of ketones is 3. The Morgan fingerprint density at radius 1 is 0.920 bits per heavy atom. The van der Waals surface area contributed by atoms with Crippen molar-refractivity contribution >= 4 is 35.1 Å². The summed E-state index contributed by atoms with van der Waals surface area (Å²) in [5.41, 5.74) is -1.89. The predicted molar refractivity (Wildman–Crippen MR) is 184 cm³/mol. The first-order chi connectivity index (χ1) is 23.8. The molecule has 1 saturated heterocycles. The molecule has 1 aromatic heterocycles. The van der Waals surface area contributed by atoms with E-state index in [2.05, 4.69) is 31.2 Å². The highest BCUT2D eigenvalue weighted by atomic mass is 16.2. The second kappa shape index (κ2) is 14.6. The molecule has 13 nitrogen and oxygen atoms in total. The van der Waals surface area contributed by atoms with E-state index in [0.29, 0.717) is 13.0 Å². The number of nitrogens with zero attached hydrogens (tertiary/aromatic N) is 3. The molecule has 0 aromatic carbocycles. The molecule has 6 atom stereocenters. The van der Waals surface area contributed by atoms with Gasteiger partial charge in [-0.15, -0.1) is 0 Å². The monoisotopic (exact) mass is 691 g/mol. The largest absolute Gasteiger partial charge is 0.349 e. The molecule has 4 aliphatic carbocycles. The van der Waals surface area contributed by atoms with Crippen molar-refractivity contribution in [2.45, 2.75) is 134 Å². The van der Waals surface area contributed by atoms with Gasteiger partial charge in [0, 0.05) is 25.0 Å². The molecule has 0 bridgehead atoms. The third kappa shape index (κ3) is 7.39. The third-order valence-electron chi connectivity index (χ3n) is 11.7. The van der Waals surface area contributed by atoms with Gasteiger partial charge in [-0.1, -0.05) is 53.4 Å². The van der Waals surface area contributed by atoms with Gasteiger partial charge in [0.05, 0.1) is 30.9 Å². The summed E-state index contributed by atoms with van der Waals surface area (Å²) in [6.07, 6.45) is 13.9. The van der Waals surface area contributed by atoms with Crippen LogP contribution in [0.5, 0.6) is 0 Å². The molecule has 1 aliphatic heterocycles. The second-order valence-corrected chi connectivity index (χ2v) is 16.3. The van der Waals surface area contributed by atoms with Crippen molar-refractivity contribution in [3.8, 4) is 0 Å². The maximum absolute atomic E-state index is 14.3. The quantitative estimate of drug-likeness (QED) is 0.166. The van der Waals surface area contributed by atoms with Gasteiger partial charge in [0.2, 0.25) is 23.4 Å². The molecule has 3 amide bonds. The summed E-state index contributed by atoms with van der Waals surface area (Å²) in [5, 5.41) is 12.2. The standard InChI is InChI=1S/C37H53N7O6/c1-5-27(37(31(46)32(37)47)43-23-14-15-23)40-35(50)29-24-13-9-12-22(24)19-44(29)20-26(45)30(36(2,3)4)42-34(49)28(21-10-7-6-8-11-21)41-33(48)25-18-38-16-17-39-25/h16-18,21-24,27-30,43H,5-15,19-20H2,1-4H3,(H,40,50)(H,41,48)(H,42,49)/t22?,24?,27-,28-,29-,30+/m0/s1. The summed E-state index contributed by atoms with van der Waals surface area (Å²) in [7, 11) is 0. The maximum atomic E-state index is 14.3. The van der Waals surface area contributed by atoms with E-state index in [4.69, 9.17) is 0 Å². The van der Waals surface area contributed by atoms with Gasteiger partial charge in [0.15, 0.2) is 11.3 Å². The van der Waals surface area contributed by atoms with Gasteiger partial charge in [-0.05, 0) is 68.1 Å². The van der Waals surface area contributed by atoms with Crippen molar-refractivity contribution in [2.75, 3.05) is 13.1 Å². The normalized spacial score (nSPS) is 26.8. The average molecular weight is 692 g/mol. The fourth-order valence-corrected chi connectivity index (χ4v) is 8.84. The molecule has 2 unspecified atom stereocenters. The highest BCUT2D eigenvalue weighted by molar-refractivity contribution is 6.67. The van der Waals surface area contributed by atoms with Crippen LogP contribution in [-0.2, 0) is 24.0 Å². The summed E-state index contributed by atoms with van der Waals surface area (Å²) in [4.78, 5) is 91.0. The van der Waals surface area contributed by atoms with E-state index in [1.165, 1.54) is 18.6 Å². The molecule has 1 aromatic rings. The number of amides is 3. The minimum absolute atomic E-state index is 0.0342. The van der Waals surface area contributed by atoms with E-state index in [1.807, 2.05) is 32.6 Å². The lowest BCUT2D eigenvalue weighted by molar-refractivity contribution is -0.134. The fraction of sp³-hybridized carbons (Fsp3) is 0.730. The second-order valence-electron chi connectivity index (χ2n) is 16.3. The molecule has 4 saturated carbocycles. The summed E-state index contributed by atoms with van der Waals surface area (Å²) in [6.45, 7) is 8.10. The van der Waals surface area contributed by atoms with Gasteiger partial charge >= 0.3 is 0 Å². The minimum Gasteiger partial charge on any atom is -0.349 e. The van der Waals surface area contributed by atoms with Crippen molar-refractivity contribution in [2.24, 2.45) is 23.2 Å². The molecule has 6 rings (SSSR count). The average Bonchev–Trinajstić information content (AvgIpc) is 3.88. The lowest BCUT2D eigenvalue weighted by atomic mass is 9.81. The first-order valence-corrected chi connectivity index (χ1v) is 18.7. The number of carbonyl (C=O) groups excluding carboxylic acids is 6. The van der Waals surface area contributed by atoms with Gasteiger partial charge in [-0.3, -0.25) is 44.0 Å². The Morgan fingerprint density at radius 3 is 2.24 bits per heavy atom. The van der Waals surface area contributed by atoms with E-state index >= 15 is 0 Å². The van der Waals surface area contributed by atoms with Gasteiger partial charge in [-0.2, -0.15) is 0 Å². The number of fused-ring (bicyclic) bond motifs is 1. The van der Waals surface area contributed by atoms with Crippen molar-refractivity contribution in [3.63, 3.8) is 0 Å². The Hall–Kier alpha value is -3.58. The van der Waals surface area contributed by atoms with Gasteiger partial charge in [-0.25, -0.2) is 4.98 Å². The first kappa shape index (κ1) is 36.2. The molecule has 5 fully saturated rings. The zero-order chi connectivity index (χ0) is 35.8. The molecule has 0 spiro atoms. The first-order valence-electron chi connectivity index (χ1n) is 18.7. The summed E-state index contributed by atoms with van der Waals surface area (Å²) in [5.74, 6) is -2.08. The van der Waals surface area contributed by atoms with E-state index < -0.39 is 58.5 Å². The van der Waals surface area contributed by atoms with Crippen molar-refractivity contribution in [3.05, 3.63) is 24.3 Å². The summed E-state index contributed by atoms with van der Waals surface area (Å²) in [6, 6.07) is -2.86. The Labute approximate surface area is 294 Å². The number of hydrogen-bond donors (Lipinski definition) is 4. The predicted octanol–water partition coefficient (Wildman–Crippen LogP) is 1.89. The smallest absolute Gasteiger partial charge is 0.272 e. The van der Waals surface area contributed by atoms with Crippen LogP contribution in [0.2, 0.25) is 0 Å². The molecule has 13 heteroatoms. The van der Waals surface area contributed by atoms with Crippen LogP contribution in [-0.4, -0.2) is 98.8 Å². The minimum atomic E-state index is -1.35. The molecule has 5 aliphatic rings. The van der Waals surface area contributed by atoms with E-state index in [9.17, 15) is 28.8 Å². The fourth-order valence-electron chi connectivity index (χ4n) is 8.84. The zero-order valence-electron chi connectivity index (χ0n) is 29.8. The number of likely N-dealkylation sites (tertiary alicyclic amines) is 1. The molecule has 2 heterocycles. The van der Waals surface area contributed by atoms with Crippen LogP contribution in [0.4, 0.5) is 0 Å². The van der Waals surface area contributed by atoms with Crippen LogP contribution in [0, 0.1) is 23.2 Å². The van der Waals surface area contributed by atoms with E-state index in [0.717, 1.165) is 64.2 Å². The van der Waals surface area contributed by atoms with Crippen molar-refractivity contribution in [1.82, 2.24) is 36.1 Å². The van der Waals surface area contributed by atoms with Crippen LogP contribution in [0.15, 0.2) is 18.6 Å². The Morgan fingerprint density at radius 2 is 1.64 bits per heavy atom. The van der Waals surface area contributed by atoms with Crippen LogP contribution in [0.25, 0.3) is 0 Å². The van der Waals surface area contributed by atoms with Gasteiger partial charge in [0.25, 0.3) is 5.91 Å². The lowest BCUT2D eigenvalue weighted by Crippen LogP contribution is -2.60. The molecule has 4 N–H and O–H groups in total. The van der Waals surface area contributed by atoms with E-state index in [1.54, 1.807) is 0 Å². The third-order valence-corrected chi connectivity index (χ3v) is 11.7. The number of rotatable bonds is 14. The highest BCUT2D eigenvalue weighted by Gasteiger charge is 2.71. The summed E-state index contributed by atoms with van der Waals surface area (Å²) < 4.78 is 0. The Bertz CT molecular complexity index is 1470. The van der Waals surface area contributed by atoms with E-state index in [-0.39, 0.29) is 47.7 Å². The van der Waals surface area contributed by atoms with Gasteiger partial charge < -0.3 is 16.0 Å². The topological polar surface area (TPSA) is 180 Å². The highest BCUT2D eigenvalue weighted by Crippen LogP contribution is 2.43.